The number of hydrogen-bond acceptors (Lipinski definition) is 2. The molecule has 0 N–H and O–H groups in total. The molecule has 0 aliphatic rings. The Labute approximate surface area is 82.3 Å². The van der Waals surface area contributed by atoms with E-state index >= 15 is 0 Å². The Balaban J connectivity index is 3.37. The molecule has 0 bridgehead atoms. The highest BCUT2D eigenvalue weighted by Gasteiger charge is 2.22. The fraction of sp³-hybridized carbons (Fsp3) is 0.400. The third-order valence-corrected chi connectivity index (χ3v) is 3.07. The molecule has 0 radical (unpaired) electrons. The maximum absolute atomic E-state index is 8.74. The number of nitriles is 1. The molecule has 0 aliphatic carbocycles. The van der Waals surface area contributed by atoms with Gasteiger partial charge in [-0.3, -0.25) is 0 Å². The molecule has 13 heavy (non-hydrogen) atoms. The predicted molar refractivity (Wildman–Crippen MR) is 54.0 cm³/mol. The summed E-state index contributed by atoms with van der Waals surface area (Å²) in [6.07, 6.45) is 0. The summed E-state index contributed by atoms with van der Waals surface area (Å²) in [5.74, 6) is 0. The zero-order chi connectivity index (χ0) is 10.1. The molecule has 0 saturated heterocycles. The summed E-state index contributed by atoms with van der Waals surface area (Å²) in [6, 6.07) is 2.04. The molecule has 0 unspecified atom stereocenters. The third kappa shape index (κ3) is 1.71. The molecule has 1 aromatic heterocycles. The van der Waals surface area contributed by atoms with Gasteiger partial charge in [0.25, 0.3) is 0 Å². The Morgan fingerprint density at radius 1 is 1.54 bits per heavy atom. The fourth-order valence-electron chi connectivity index (χ4n) is 1.07. The van der Waals surface area contributed by atoms with Gasteiger partial charge in [-0.1, -0.05) is 20.8 Å². The smallest absolute Gasteiger partial charge is 0.218 e. The molecular formula is C10H10N2S. The molecule has 0 aliphatic heterocycles. The van der Waals surface area contributed by atoms with E-state index in [1.807, 2.05) is 6.07 Å². The van der Waals surface area contributed by atoms with Crippen molar-refractivity contribution in [1.82, 2.24) is 0 Å². The van der Waals surface area contributed by atoms with Crippen LogP contribution in [0.25, 0.3) is 4.85 Å². The van der Waals surface area contributed by atoms with Crippen molar-refractivity contribution in [3.05, 3.63) is 27.2 Å². The molecule has 0 aromatic carbocycles. The van der Waals surface area contributed by atoms with Gasteiger partial charge in [-0.25, -0.2) is 4.85 Å². The molecular weight excluding hydrogens is 180 g/mol. The van der Waals surface area contributed by atoms with Crippen LogP contribution < -0.4 is 0 Å². The first-order valence-electron chi connectivity index (χ1n) is 3.90. The molecule has 0 amide bonds. The van der Waals surface area contributed by atoms with E-state index in [0.717, 1.165) is 4.88 Å². The lowest BCUT2D eigenvalue weighted by molar-refractivity contribution is 0.606. The van der Waals surface area contributed by atoms with Crippen LogP contribution in [0.3, 0.4) is 0 Å². The van der Waals surface area contributed by atoms with Crippen molar-refractivity contribution in [2.24, 2.45) is 0 Å². The van der Waals surface area contributed by atoms with Gasteiger partial charge < -0.3 is 0 Å². The summed E-state index contributed by atoms with van der Waals surface area (Å²) in [4.78, 5) is 4.40. The summed E-state index contributed by atoms with van der Waals surface area (Å²) in [5, 5.41) is 10.5. The van der Waals surface area contributed by atoms with E-state index in [2.05, 4.69) is 25.6 Å². The molecule has 3 heteroatoms. The molecule has 2 nitrogen and oxygen atoms in total. The number of thiophene rings is 1. The van der Waals surface area contributed by atoms with E-state index in [0.29, 0.717) is 11.3 Å². The van der Waals surface area contributed by atoms with Crippen molar-refractivity contribution < 1.29 is 0 Å². The normalized spacial score (nSPS) is 10.5. The average Bonchev–Trinajstić information content (AvgIpc) is 2.45. The largest absolute Gasteiger partial charge is 0.236 e. The van der Waals surface area contributed by atoms with E-state index < -0.39 is 0 Å². The van der Waals surface area contributed by atoms with Crippen LogP contribution >= 0.6 is 11.3 Å². The van der Waals surface area contributed by atoms with Gasteiger partial charge in [0.1, 0.15) is 0 Å². The van der Waals surface area contributed by atoms with Crippen LogP contribution in [0, 0.1) is 17.9 Å². The summed E-state index contributed by atoms with van der Waals surface area (Å²) < 4.78 is 0. The fourth-order valence-corrected chi connectivity index (χ4v) is 2.09. The SMILES string of the molecule is [C-]#[N+]c1c(C#N)csc1C(C)(C)C. The van der Waals surface area contributed by atoms with Gasteiger partial charge >= 0.3 is 0 Å². The second-order valence-electron chi connectivity index (χ2n) is 3.80. The van der Waals surface area contributed by atoms with Crippen LogP contribution in [0.1, 0.15) is 31.2 Å². The van der Waals surface area contributed by atoms with Gasteiger partial charge in [-0.2, -0.15) is 16.6 Å². The van der Waals surface area contributed by atoms with Crippen molar-refractivity contribution >= 4 is 17.0 Å². The first kappa shape index (κ1) is 9.77. The molecule has 1 rings (SSSR count). The van der Waals surface area contributed by atoms with Gasteiger partial charge in [-0.05, 0) is 10.8 Å². The predicted octanol–water partition coefficient (Wildman–Crippen LogP) is 3.47. The maximum Gasteiger partial charge on any atom is 0.218 e. The second-order valence-corrected chi connectivity index (χ2v) is 4.68. The van der Waals surface area contributed by atoms with Crippen molar-refractivity contribution in [2.45, 2.75) is 26.2 Å². The molecule has 0 atom stereocenters. The third-order valence-electron chi connectivity index (χ3n) is 1.68. The maximum atomic E-state index is 8.74. The highest BCUT2D eigenvalue weighted by atomic mass is 32.1. The van der Waals surface area contributed by atoms with Crippen LogP contribution in [0.4, 0.5) is 5.69 Å². The van der Waals surface area contributed by atoms with Crippen LogP contribution in [-0.2, 0) is 5.41 Å². The standard InChI is InChI=1S/C10H10N2S/c1-10(2,3)9-8(12-4)7(5-11)6-13-9/h6H,1-3H3. The van der Waals surface area contributed by atoms with Crippen molar-refractivity contribution in [3.63, 3.8) is 0 Å². The lowest BCUT2D eigenvalue weighted by Gasteiger charge is -2.16. The van der Waals surface area contributed by atoms with Gasteiger partial charge in [-0.15, -0.1) is 0 Å². The Morgan fingerprint density at radius 2 is 2.15 bits per heavy atom. The minimum Gasteiger partial charge on any atom is -0.236 e. The zero-order valence-corrected chi connectivity index (χ0v) is 8.70. The number of nitrogens with zero attached hydrogens (tertiary/aromatic N) is 2. The quantitative estimate of drug-likeness (QED) is 0.576. The van der Waals surface area contributed by atoms with Gasteiger partial charge in [0, 0.05) is 4.88 Å². The van der Waals surface area contributed by atoms with Crippen LogP contribution in [0.2, 0.25) is 0 Å². The van der Waals surface area contributed by atoms with Gasteiger partial charge in [0.2, 0.25) is 5.69 Å². The Hall–Kier alpha value is -1.32. The van der Waals surface area contributed by atoms with Crippen molar-refractivity contribution in [3.8, 4) is 6.07 Å². The molecule has 66 valence electrons. The Bertz CT molecular complexity index is 396. The highest BCUT2D eigenvalue weighted by Crippen LogP contribution is 2.39. The van der Waals surface area contributed by atoms with Crippen LogP contribution in [0.5, 0.6) is 0 Å². The number of hydrogen-bond donors (Lipinski definition) is 0. The van der Waals surface area contributed by atoms with E-state index in [4.69, 9.17) is 11.8 Å². The Morgan fingerprint density at radius 3 is 2.54 bits per heavy atom. The first-order valence-corrected chi connectivity index (χ1v) is 4.78. The average molecular weight is 190 g/mol. The lowest BCUT2D eigenvalue weighted by Crippen LogP contribution is -2.08. The topological polar surface area (TPSA) is 28.1 Å². The van der Waals surface area contributed by atoms with E-state index in [-0.39, 0.29) is 5.41 Å². The first-order chi connectivity index (χ1) is 6.00. The van der Waals surface area contributed by atoms with E-state index in [1.54, 1.807) is 5.38 Å². The molecule has 0 spiro atoms. The lowest BCUT2D eigenvalue weighted by atomic mass is 9.93. The molecule has 0 saturated carbocycles. The minimum absolute atomic E-state index is 0.0420. The second kappa shape index (κ2) is 3.20. The van der Waals surface area contributed by atoms with Crippen LogP contribution in [-0.4, -0.2) is 0 Å². The molecule has 1 heterocycles. The Kier molecular flexibility index (Phi) is 2.40. The van der Waals surface area contributed by atoms with Gasteiger partial charge in [0.05, 0.1) is 18.2 Å². The summed E-state index contributed by atoms with van der Waals surface area (Å²) in [5.41, 5.74) is 0.990. The summed E-state index contributed by atoms with van der Waals surface area (Å²) in [6.45, 7) is 13.2. The van der Waals surface area contributed by atoms with Gasteiger partial charge in [0.15, 0.2) is 0 Å². The van der Waals surface area contributed by atoms with E-state index in [9.17, 15) is 0 Å². The molecule has 1 aromatic rings. The monoisotopic (exact) mass is 190 g/mol. The van der Waals surface area contributed by atoms with Crippen molar-refractivity contribution in [1.29, 1.82) is 5.26 Å². The van der Waals surface area contributed by atoms with E-state index in [1.165, 1.54) is 11.3 Å². The van der Waals surface area contributed by atoms with Crippen molar-refractivity contribution in [2.75, 3.05) is 0 Å². The zero-order valence-electron chi connectivity index (χ0n) is 7.88. The molecule has 0 fully saturated rings. The number of rotatable bonds is 0. The highest BCUT2D eigenvalue weighted by molar-refractivity contribution is 7.11. The van der Waals surface area contributed by atoms with Crippen LogP contribution in [0.15, 0.2) is 5.38 Å². The minimum atomic E-state index is -0.0420. The summed E-state index contributed by atoms with van der Waals surface area (Å²) >= 11 is 1.50. The summed E-state index contributed by atoms with van der Waals surface area (Å²) in [7, 11) is 0.